The average Bonchev–Trinajstić information content (AvgIpc) is 3.41. The zero-order chi connectivity index (χ0) is 24.0. The number of aryl methyl sites for hydroxylation is 1. The minimum Gasteiger partial charge on any atom is -0.445 e. The van der Waals surface area contributed by atoms with Gasteiger partial charge in [0.25, 0.3) is 0 Å². The number of methoxy groups -OCH3 is 1. The highest BCUT2D eigenvalue weighted by Gasteiger charge is 2.47. The van der Waals surface area contributed by atoms with Crippen LogP contribution in [0.3, 0.4) is 0 Å². The number of fused-ring (bicyclic) bond motifs is 2. The lowest BCUT2D eigenvalue weighted by atomic mass is 9.90. The van der Waals surface area contributed by atoms with Crippen LogP contribution in [0, 0.1) is 19.3 Å². The van der Waals surface area contributed by atoms with Crippen molar-refractivity contribution in [2.75, 3.05) is 33.4 Å². The van der Waals surface area contributed by atoms with Gasteiger partial charge < -0.3 is 24.3 Å². The summed E-state index contributed by atoms with van der Waals surface area (Å²) in [7, 11) is 1.68. The summed E-state index contributed by atoms with van der Waals surface area (Å²) in [5, 5.41) is 3.74. The summed E-state index contributed by atoms with van der Waals surface area (Å²) in [6.07, 6.45) is 24.9. The highest BCUT2D eigenvalue weighted by molar-refractivity contribution is 5.71. The van der Waals surface area contributed by atoms with Gasteiger partial charge in [0.1, 0.15) is 6.61 Å². The summed E-state index contributed by atoms with van der Waals surface area (Å²) in [6.45, 7) is 4.04. The Bertz CT molecular complexity index is 1110. The summed E-state index contributed by atoms with van der Waals surface area (Å²) in [6, 6.07) is 2.19. The van der Waals surface area contributed by atoms with Crippen LogP contribution in [0.25, 0.3) is 5.70 Å². The maximum atomic E-state index is 13.0. The fourth-order valence-electron chi connectivity index (χ4n) is 4.79. The van der Waals surface area contributed by atoms with E-state index in [0.717, 1.165) is 47.5 Å². The molecule has 0 radical (unpaired) electrons. The van der Waals surface area contributed by atoms with Crippen molar-refractivity contribution >= 4 is 11.8 Å². The zero-order valence-corrected chi connectivity index (χ0v) is 20.0. The molecule has 178 valence electrons. The lowest BCUT2D eigenvalue weighted by Crippen LogP contribution is -2.50. The van der Waals surface area contributed by atoms with Crippen LogP contribution >= 0.6 is 0 Å². The van der Waals surface area contributed by atoms with E-state index in [1.807, 2.05) is 35.3 Å². The summed E-state index contributed by atoms with van der Waals surface area (Å²) in [4.78, 5) is 14.8. The number of carbonyl (C=O) groups is 1. The number of nitrogens with one attached hydrogen (secondary N) is 1. The van der Waals surface area contributed by atoms with Gasteiger partial charge in [-0.05, 0) is 55.5 Å². The number of ether oxygens (including phenoxy) is 2. The van der Waals surface area contributed by atoms with Crippen molar-refractivity contribution in [3.05, 3.63) is 77.3 Å². The molecule has 1 fully saturated rings. The van der Waals surface area contributed by atoms with Crippen LogP contribution < -0.4 is 5.32 Å². The molecule has 2 aliphatic heterocycles. The van der Waals surface area contributed by atoms with E-state index >= 15 is 0 Å². The van der Waals surface area contributed by atoms with Crippen LogP contribution in [0.1, 0.15) is 36.9 Å². The van der Waals surface area contributed by atoms with Crippen LogP contribution in [0.4, 0.5) is 4.79 Å². The predicted octanol–water partition coefficient (Wildman–Crippen LogP) is 4.66. The van der Waals surface area contributed by atoms with E-state index in [4.69, 9.17) is 15.9 Å². The standard InChI is InChI=1S/C28H33N3O3/c1-4-5-13-25-24(14-17-33-3)29-28(26-18-22(2)19-31(25)26)15-16-30(21-28)27(32)34-20-23-11-9-7-6-8-10-12-23/h1,6-9,11,13-14,18-19,29H,5,10,12,15-17,20-21H2,2-3H3/b8-6-,9-7-,23-11+,24-14+,25-13+. The molecular formula is C28H33N3O3. The van der Waals surface area contributed by atoms with Crippen LogP contribution in [0.2, 0.25) is 0 Å². The molecule has 3 heterocycles. The van der Waals surface area contributed by atoms with Gasteiger partial charge in [0.05, 0.1) is 35.8 Å². The van der Waals surface area contributed by atoms with Crippen LogP contribution in [0.5, 0.6) is 0 Å². The number of rotatable bonds is 5. The first-order valence-corrected chi connectivity index (χ1v) is 11.8. The number of hydrogen-bond acceptors (Lipinski definition) is 4. The number of nitrogens with zero attached hydrogens (tertiary/aromatic N) is 2. The normalized spacial score (nSPS) is 27.3. The number of amides is 1. The Balaban J connectivity index is 1.54. The quantitative estimate of drug-likeness (QED) is 0.651. The van der Waals surface area contributed by atoms with E-state index in [1.54, 1.807) is 7.11 Å². The molecule has 1 aliphatic carbocycles. The third-order valence-electron chi connectivity index (χ3n) is 6.45. The maximum Gasteiger partial charge on any atom is 0.410 e. The molecule has 0 aromatic carbocycles. The van der Waals surface area contributed by atoms with Gasteiger partial charge in [0.2, 0.25) is 0 Å². The Hall–Kier alpha value is -3.43. The molecular weight excluding hydrogens is 426 g/mol. The monoisotopic (exact) mass is 459 g/mol. The Morgan fingerprint density at radius 3 is 3.03 bits per heavy atom. The Morgan fingerprint density at radius 1 is 1.32 bits per heavy atom. The second kappa shape index (κ2) is 10.7. The van der Waals surface area contributed by atoms with Crippen molar-refractivity contribution in [2.24, 2.45) is 0 Å². The molecule has 1 spiro atoms. The molecule has 1 saturated heterocycles. The first-order chi connectivity index (χ1) is 16.6. The third kappa shape index (κ3) is 5.05. The molecule has 1 amide bonds. The highest BCUT2D eigenvalue weighted by Crippen LogP contribution is 2.41. The van der Waals surface area contributed by atoms with Gasteiger partial charge >= 0.3 is 6.09 Å². The van der Waals surface area contributed by atoms with Crippen molar-refractivity contribution < 1.29 is 14.3 Å². The predicted molar refractivity (Wildman–Crippen MR) is 135 cm³/mol. The molecule has 0 saturated carbocycles. The number of likely N-dealkylation sites (tertiary alicyclic amines) is 1. The Labute approximate surface area is 202 Å². The van der Waals surface area contributed by atoms with E-state index in [-0.39, 0.29) is 6.09 Å². The van der Waals surface area contributed by atoms with Crippen molar-refractivity contribution in [1.29, 1.82) is 0 Å². The van der Waals surface area contributed by atoms with Crippen LogP contribution in [-0.2, 0) is 15.0 Å². The smallest absolute Gasteiger partial charge is 0.410 e. The van der Waals surface area contributed by atoms with Crippen LogP contribution in [0.15, 0.2) is 66.1 Å². The van der Waals surface area contributed by atoms with E-state index in [2.05, 4.69) is 47.1 Å². The number of hydrogen-bond donors (Lipinski definition) is 1. The second-order valence-corrected chi connectivity index (χ2v) is 8.95. The number of allylic oxidation sites excluding steroid dienone is 7. The minimum absolute atomic E-state index is 0.271. The lowest BCUT2D eigenvalue weighted by molar-refractivity contribution is 0.115. The molecule has 1 aromatic heterocycles. The first-order valence-electron chi connectivity index (χ1n) is 11.8. The molecule has 1 unspecified atom stereocenters. The summed E-state index contributed by atoms with van der Waals surface area (Å²) in [5.74, 6) is 2.70. The Kier molecular flexibility index (Phi) is 7.44. The molecule has 1 aromatic rings. The molecule has 1 atom stereocenters. The number of carbonyl (C=O) groups excluding carboxylic acids is 1. The van der Waals surface area contributed by atoms with E-state index in [0.29, 0.717) is 32.7 Å². The molecule has 34 heavy (non-hydrogen) atoms. The van der Waals surface area contributed by atoms with E-state index in [9.17, 15) is 4.79 Å². The molecule has 6 heteroatoms. The van der Waals surface area contributed by atoms with E-state index < -0.39 is 5.54 Å². The molecule has 6 nitrogen and oxygen atoms in total. The molecule has 1 N–H and O–H groups in total. The fourth-order valence-corrected chi connectivity index (χ4v) is 4.79. The van der Waals surface area contributed by atoms with Gasteiger partial charge in [-0.2, -0.15) is 0 Å². The lowest BCUT2D eigenvalue weighted by Gasteiger charge is -2.39. The molecule has 0 bridgehead atoms. The highest BCUT2D eigenvalue weighted by atomic mass is 16.6. The van der Waals surface area contributed by atoms with Gasteiger partial charge in [-0.15, -0.1) is 12.3 Å². The third-order valence-corrected chi connectivity index (χ3v) is 6.45. The Morgan fingerprint density at radius 2 is 2.21 bits per heavy atom. The maximum absolute atomic E-state index is 13.0. The number of terminal acetylenes is 1. The summed E-state index contributed by atoms with van der Waals surface area (Å²) >= 11 is 0. The van der Waals surface area contributed by atoms with Gasteiger partial charge in [0.15, 0.2) is 0 Å². The fraction of sp³-hybridized carbons (Fsp3) is 0.393. The van der Waals surface area contributed by atoms with E-state index in [1.165, 1.54) is 0 Å². The average molecular weight is 460 g/mol. The SMILES string of the molecule is C#CC/C=C1\C(=C/COC)NC2(CCN(C(=O)OC/C3=C/C=C\C=C/CC3)C2)c2cc(C)cn21. The van der Waals surface area contributed by atoms with Crippen LogP contribution in [-0.4, -0.2) is 49.0 Å². The van der Waals surface area contributed by atoms with Gasteiger partial charge in [-0.1, -0.05) is 30.4 Å². The van der Waals surface area contributed by atoms with Gasteiger partial charge in [-0.3, -0.25) is 0 Å². The van der Waals surface area contributed by atoms with Gasteiger partial charge in [-0.25, -0.2) is 4.79 Å². The summed E-state index contributed by atoms with van der Waals surface area (Å²) < 4.78 is 13.2. The number of aromatic nitrogens is 1. The second-order valence-electron chi connectivity index (χ2n) is 8.95. The van der Waals surface area contributed by atoms with Crippen molar-refractivity contribution in [2.45, 2.75) is 38.1 Å². The largest absolute Gasteiger partial charge is 0.445 e. The summed E-state index contributed by atoms with van der Waals surface area (Å²) in [5.41, 5.74) is 5.01. The first kappa shape index (κ1) is 23.7. The molecule has 3 aliphatic rings. The zero-order valence-electron chi connectivity index (χ0n) is 20.0. The van der Waals surface area contributed by atoms with Crippen molar-refractivity contribution in [1.82, 2.24) is 14.8 Å². The minimum atomic E-state index is -0.395. The molecule has 4 rings (SSSR count). The van der Waals surface area contributed by atoms with Crippen molar-refractivity contribution in [3.8, 4) is 12.3 Å². The topological polar surface area (TPSA) is 55.7 Å². The van der Waals surface area contributed by atoms with Crippen molar-refractivity contribution in [3.63, 3.8) is 0 Å². The van der Waals surface area contributed by atoms with Gasteiger partial charge in [0, 0.05) is 26.3 Å².